The molecule has 3 unspecified atom stereocenters. The fourth-order valence-electron chi connectivity index (χ4n) is 5.94. The predicted octanol–water partition coefficient (Wildman–Crippen LogP) is 2.76. The number of rotatable bonds is 8. The van der Waals surface area contributed by atoms with Crippen LogP contribution < -0.4 is 10.6 Å². The minimum Gasteiger partial charge on any atom is -0.381 e. The number of halogens is 1. The van der Waals surface area contributed by atoms with Crippen molar-refractivity contribution in [2.24, 2.45) is 11.8 Å². The van der Waals surface area contributed by atoms with Crippen LogP contribution in [0.2, 0.25) is 0 Å². The van der Waals surface area contributed by atoms with Gasteiger partial charge in [-0.2, -0.15) is 0 Å². The van der Waals surface area contributed by atoms with Gasteiger partial charge in [-0.05, 0) is 69.1 Å². The molecule has 4 atom stereocenters. The number of benzene rings is 2. The van der Waals surface area contributed by atoms with E-state index in [0.29, 0.717) is 51.3 Å². The molecule has 8 nitrogen and oxygen atoms in total. The summed E-state index contributed by atoms with van der Waals surface area (Å²) in [6.07, 6.45) is 1.74. The molecule has 3 heterocycles. The highest BCUT2D eigenvalue weighted by atomic mass is 19.1. The Labute approximate surface area is 228 Å². The molecule has 5 rings (SSSR count). The summed E-state index contributed by atoms with van der Waals surface area (Å²) in [5.74, 6) is -0.702. The lowest BCUT2D eigenvalue weighted by Crippen LogP contribution is -2.66. The minimum absolute atomic E-state index is 0.0141. The van der Waals surface area contributed by atoms with E-state index in [4.69, 9.17) is 4.74 Å². The first-order chi connectivity index (χ1) is 18.9. The molecule has 3 fully saturated rings. The summed E-state index contributed by atoms with van der Waals surface area (Å²) in [5, 5.41) is 6.59. The van der Waals surface area contributed by atoms with Crippen LogP contribution >= 0.6 is 0 Å². The number of hydrogen-bond donors (Lipinski definition) is 2. The molecule has 208 valence electrons. The number of Topliss-reactive ketones (excluding diaryl/α,β-unsaturated/α-hetero) is 1. The van der Waals surface area contributed by atoms with Crippen LogP contribution in [-0.2, 0) is 14.3 Å². The van der Waals surface area contributed by atoms with Crippen LogP contribution in [0, 0.1) is 17.7 Å². The Bertz CT molecular complexity index is 1150. The maximum Gasteiger partial charge on any atom is 0.237 e. The van der Waals surface area contributed by atoms with Gasteiger partial charge in [0.05, 0.1) is 37.8 Å². The minimum atomic E-state index is -0.357. The second-order valence-electron chi connectivity index (χ2n) is 10.9. The monoisotopic (exact) mass is 536 g/mol. The molecule has 0 bridgehead atoms. The van der Waals surface area contributed by atoms with Gasteiger partial charge in [0, 0.05) is 24.1 Å². The number of nitrogens with zero attached hydrogens (tertiary/aromatic N) is 2. The molecule has 2 N–H and O–H groups in total. The largest absolute Gasteiger partial charge is 0.381 e. The van der Waals surface area contributed by atoms with Gasteiger partial charge in [-0.25, -0.2) is 4.39 Å². The van der Waals surface area contributed by atoms with Crippen LogP contribution in [0.3, 0.4) is 0 Å². The molecule has 9 heteroatoms. The van der Waals surface area contributed by atoms with Crippen molar-refractivity contribution in [1.29, 1.82) is 0 Å². The van der Waals surface area contributed by atoms with Gasteiger partial charge < -0.3 is 15.0 Å². The van der Waals surface area contributed by atoms with E-state index in [1.807, 2.05) is 42.2 Å². The van der Waals surface area contributed by atoms with Crippen molar-refractivity contribution in [2.45, 2.75) is 44.4 Å². The number of ketones is 1. The van der Waals surface area contributed by atoms with E-state index in [-0.39, 0.29) is 60.0 Å². The standard InChI is InChI=1S/C30H37FN4O4/c1-20(21-5-3-2-4-6-21)35(17-27-32-26-13-16-39-19-25(26)30(38)33-27)28(36)18-34-14-11-23(12-15-34)29(37)22-7-9-24(31)10-8-22/h2-10,20,23,25-27,32H,11-19H2,1H3,(H,33,38)/t20-,25?,26?,27?/m0/s1. The van der Waals surface area contributed by atoms with Crippen LogP contribution in [0.15, 0.2) is 54.6 Å². The average molecular weight is 537 g/mol. The number of carbonyl (C=O) groups excluding carboxylic acids is 3. The Kier molecular flexibility index (Phi) is 8.69. The van der Waals surface area contributed by atoms with E-state index < -0.39 is 0 Å². The highest BCUT2D eigenvalue weighted by Gasteiger charge is 2.39. The zero-order chi connectivity index (χ0) is 27.4. The van der Waals surface area contributed by atoms with Crippen LogP contribution in [0.1, 0.15) is 48.1 Å². The molecule has 2 amide bonds. The second-order valence-corrected chi connectivity index (χ2v) is 10.9. The normalized spacial score (nSPS) is 24.9. The third kappa shape index (κ3) is 6.54. The van der Waals surface area contributed by atoms with Crippen molar-refractivity contribution in [2.75, 3.05) is 39.4 Å². The maximum atomic E-state index is 13.8. The van der Waals surface area contributed by atoms with Gasteiger partial charge in [0.15, 0.2) is 5.78 Å². The van der Waals surface area contributed by atoms with E-state index in [2.05, 4.69) is 15.5 Å². The number of nitrogens with one attached hydrogen (secondary N) is 2. The van der Waals surface area contributed by atoms with Crippen LogP contribution in [0.5, 0.6) is 0 Å². The summed E-state index contributed by atoms with van der Waals surface area (Å²) >= 11 is 0. The Morgan fingerprint density at radius 3 is 2.51 bits per heavy atom. The lowest BCUT2D eigenvalue weighted by Gasteiger charge is -2.42. The van der Waals surface area contributed by atoms with E-state index in [1.165, 1.54) is 24.3 Å². The Balaban J connectivity index is 1.22. The quantitative estimate of drug-likeness (QED) is 0.505. The lowest BCUT2D eigenvalue weighted by molar-refractivity contribution is -0.140. The molecular weight excluding hydrogens is 499 g/mol. The maximum absolute atomic E-state index is 13.8. The van der Waals surface area contributed by atoms with Crippen LogP contribution in [0.25, 0.3) is 0 Å². The van der Waals surface area contributed by atoms with E-state index in [1.54, 1.807) is 0 Å². The third-order valence-electron chi connectivity index (χ3n) is 8.32. The first-order valence-electron chi connectivity index (χ1n) is 13.9. The smallest absolute Gasteiger partial charge is 0.237 e. The summed E-state index contributed by atoms with van der Waals surface area (Å²) in [7, 11) is 0. The SMILES string of the molecule is C[C@@H](c1ccccc1)N(CC1NC(=O)C2COCCC2N1)C(=O)CN1CCC(C(=O)c2ccc(F)cc2)CC1. The Morgan fingerprint density at radius 2 is 1.79 bits per heavy atom. The number of carbonyl (C=O) groups is 3. The fraction of sp³-hybridized carbons (Fsp3) is 0.500. The number of amides is 2. The summed E-state index contributed by atoms with van der Waals surface area (Å²) in [4.78, 5) is 43.3. The van der Waals surface area contributed by atoms with Gasteiger partial charge in [-0.15, -0.1) is 0 Å². The van der Waals surface area contributed by atoms with Gasteiger partial charge in [-0.1, -0.05) is 30.3 Å². The predicted molar refractivity (Wildman–Crippen MR) is 144 cm³/mol. The summed E-state index contributed by atoms with van der Waals surface area (Å²) < 4.78 is 18.7. The average Bonchev–Trinajstić information content (AvgIpc) is 2.96. The topological polar surface area (TPSA) is 91.0 Å². The zero-order valence-electron chi connectivity index (χ0n) is 22.4. The van der Waals surface area contributed by atoms with Crippen molar-refractivity contribution < 1.29 is 23.5 Å². The Hall–Kier alpha value is -3.14. The van der Waals surface area contributed by atoms with Crippen molar-refractivity contribution in [1.82, 2.24) is 20.4 Å². The van der Waals surface area contributed by atoms with Crippen molar-refractivity contribution >= 4 is 17.6 Å². The Morgan fingerprint density at radius 1 is 1.08 bits per heavy atom. The first kappa shape index (κ1) is 27.4. The molecule has 3 aliphatic heterocycles. The molecule has 0 aliphatic carbocycles. The molecule has 0 saturated carbocycles. The number of piperidine rings is 1. The molecule has 2 aromatic rings. The molecule has 39 heavy (non-hydrogen) atoms. The van der Waals surface area contributed by atoms with Crippen molar-refractivity contribution in [3.63, 3.8) is 0 Å². The second kappa shape index (κ2) is 12.4. The third-order valence-corrected chi connectivity index (χ3v) is 8.32. The van der Waals surface area contributed by atoms with Gasteiger partial charge in [0.1, 0.15) is 5.82 Å². The van der Waals surface area contributed by atoms with E-state index in [0.717, 1.165) is 12.0 Å². The van der Waals surface area contributed by atoms with E-state index >= 15 is 0 Å². The van der Waals surface area contributed by atoms with Gasteiger partial charge in [0.2, 0.25) is 11.8 Å². The molecule has 3 saturated heterocycles. The van der Waals surface area contributed by atoms with Crippen LogP contribution in [0.4, 0.5) is 4.39 Å². The molecule has 3 aliphatic rings. The van der Waals surface area contributed by atoms with Crippen molar-refractivity contribution in [3.05, 3.63) is 71.5 Å². The van der Waals surface area contributed by atoms with Gasteiger partial charge in [0.25, 0.3) is 0 Å². The highest BCUT2D eigenvalue weighted by molar-refractivity contribution is 5.97. The van der Waals surface area contributed by atoms with Gasteiger partial charge in [-0.3, -0.25) is 24.6 Å². The summed E-state index contributed by atoms with van der Waals surface area (Å²) in [5.41, 5.74) is 1.56. The molecule has 0 radical (unpaired) electrons. The van der Waals surface area contributed by atoms with E-state index in [9.17, 15) is 18.8 Å². The molecule has 2 aromatic carbocycles. The fourth-order valence-corrected chi connectivity index (χ4v) is 5.94. The number of fused-ring (bicyclic) bond motifs is 1. The zero-order valence-corrected chi connectivity index (χ0v) is 22.4. The first-order valence-corrected chi connectivity index (χ1v) is 13.9. The number of likely N-dealkylation sites (tertiary alicyclic amines) is 1. The molecular formula is C30H37FN4O4. The summed E-state index contributed by atoms with van der Waals surface area (Å²) in [6, 6.07) is 15.5. The van der Waals surface area contributed by atoms with Crippen LogP contribution in [-0.4, -0.2) is 79.0 Å². The number of ether oxygens (including phenoxy) is 1. The van der Waals surface area contributed by atoms with Crippen molar-refractivity contribution in [3.8, 4) is 0 Å². The molecule has 0 aromatic heterocycles. The lowest BCUT2D eigenvalue weighted by atomic mass is 9.89. The number of hydrogen-bond acceptors (Lipinski definition) is 6. The summed E-state index contributed by atoms with van der Waals surface area (Å²) in [6.45, 7) is 4.93. The molecule has 0 spiro atoms. The highest BCUT2D eigenvalue weighted by Crippen LogP contribution is 2.25. The van der Waals surface area contributed by atoms with Gasteiger partial charge >= 0.3 is 0 Å².